The maximum Gasteiger partial charge on any atom is 0.122 e. The van der Waals surface area contributed by atoms with Crippen molar-refractivity contribution in [3.8, 4) is 5.75 Å². The van der Waals surface area contributed by atoms with Crippen LogP contribution in [-0.2, 0) is 12.8 Å². The zero-order valence-corrected chi connectivity index (χ0v) is 12.4. The van der Waals surface area contributed by atoms with Crippen LogP contribution in [0.25, 0.3) is 0 Å². The van der Waals surface area contributed by atoms with Crippen molar-refractivity contribution in [3.63, 3.8) is 0 Å². The molecule has 0 saturated heterocycles. The van der Waals surface area contributed by atoms with Crippen molar-refractivity contribution in [2.24, 2.45) is 0 Å². The number of rotatable bonds is 7. The molecule has 4 nitrogen and oxygen atoms in total. The summed E-state index contributed by atoms with van der Waals surface area (Å²) >= 11 is 1.70. The summed E-state index contributed by atoms with van der Waals surface area (Å²) in [4.78, 5) is 0. The minimum Gasteiger partial charge on any atom is -0.496 e. The van der Waals surface area contributed by atoms with Crippen LogP contribution in [0.4, 0.5) is 0 Å². The van der Waals surface area contributed by atoms with Gasteiger partial charge in [-0.3, -0.25) is 0 Å². The minimum absolute atomic E-state index is 0.760. The van der Waals surface area contributed by atoms with Crippen LogP contribution >= 0.6 is 11.3 Å². The highest BCUT2D eigenvalue weighted by molar-refractivity contribution is 7.11. The van der Waals surface area contributed by atoms with Crippen LogP contribution in [0.3, 0.4) is 0 Å². The molecule has 0 atom stereocenters. The smallest absolute Gasteiger partial charge is 0.122 e. The van der Waals surface area contributed by atoms with Gasteiger partial charge in [-0.15, -0.1) is 21.5 Å². The Morgan fingerprint density at radius 2 is 2.05 bits per heavy atom. The summed E-state index contributed by atoms with van der Waals surface area (Å²) in [6.45, 7) is 1.01. The third-order valence-corrected chi connectivity index (χ3v) is 4.38. The van der Waals surface area contributed by atoms with E-state index >= 15 is 0 Å². The molecule has 1 aromatic heterocycles. The SMILES string of the molecule is COc1ccccc1Cc1nnc(CCNC2CC2)s1. The van der Waals surface area contributed by atoms with Crippen LogP contribution in [-0.4, -0.2) is 29.9 Å². The monoisotopic (exact) mass is 289 g/mol. The van der Waals surface area contributed by atoms with Crippen molar-refractivity contribution in [1.29, 1.82) is 0 Å². The van der Waals surface area contributed by atoms with Gasteiger partial charge in [0.2, 0.25) is 0 Å². The van der Waals surface area contributed by atoms with Crippen LogP contribution in [0, 0.1) is 0 Å². The number of benzene rings is 1. The molecule has 1 saturated carbocycles. The third kappa shape index (κ3) is 3.55. The summed E-state index contributed by atoms with van der Waals surface area (Å²) in [7, 11) is 1.70. The van der Waals surface area contributed by atoms with Crippen molar-refractivity contribution < 1.29 is 4.74 Å². The van der Waals surface area contributed by atoms with Crippen LogP contribution in [0.1, 0.15) is 28.4 Å². The predicted molar refractivity (Wildman–Crippen MR) is 80.4 cm³/mol. The lowest BCUT2D eigenvalue weighted by atomic mass is 10.1. The molecule has 1 fully saturated rings. The molecule has 0 aliphatic heterocycles. The molecule has 3 rings (SSSR count). The maximum atomic E-state index is 5.37. The largest absolute Gasteiger partial charge is 0.496 e. The van der Waals surface area contributed by atoms with E-state index in [-0.39, 0.29) is 0 Å². The Kier molecular flexibility index (Phi) is 4.28. The first kappa shape index (κ1) is 13.5. The molecule has 1 aliphatic carbocycles. The number of hydrogen-bond acceptors (Lipinski definition) is 5. The number of methoxy groups -OCH3 is 1. The van der Waals surface area contributed by atoms with E-state index in [9.17, 15) is 0 Å². The lowest BCUT2D eigenvalue weighted by Gasteiger charge is -2.05. The molecule has 0 spiro atoms. The second-order valence-corrected chi connectivity index (χ2v) is 6.20. The highest BCUT2D eigenvalue weighted by Crippen LogP contribution is 2.23. The van der Waals surface area contributed by atoms with Gasteiger partial charge in [-0.25, -0.2) is 0 Å². The maximum absolute atomic E-state index is 5.37. The fraction of sp³-hybridized carbons (Fsp3) is 0.467. The molecule has 0 amide bonds. The quantitative estimate of drug-likeness (QED) is 0.850. The molecular formula is C15H19N3OS. The highest BCUT2D eigenvalue weighted by Gasteiger charge is 2.19. The molecule has 0 unspecified atom stereocenters. The zero-order chi connectivity index (χ0) is 13.8. The van der Waals surface area contributed by atoms with Gasteiger partial charge in [0.15, 0.2) is 0 Å². The van der Waals surface area contributed by atoms with Crippen LogP contribution < -0.4 is 10.1 Å². The van der Waals surface area contributed by atoms with Gasteiger partial charge in [-0.05, 0) is 18.9 Å². The van der Waals surface area contributed by atoms with Crippen molar-refractivity contribution in [3.05, 3.63) is 39.8 Å². The standard InChI is InChI=1S/C15H19N3OS/c1-19-13-5-3-2-4-11(13)10-15-18-17-14(20-15)8-9-16-12-6-7-12/h2-5,12,16H,6-10H2,1H3. The van der Waals surface area contributed by atoms with Crippen LogP contribution in [0.5, 0.6) is 5.75 Å². The molecule has 106 valence electrons. The van der Waals surface area contributed by atoms with Gasteiger partial charge in [0.1, 0.15) is 15.8 Å². The molecule has 5 heteroatoms. The fourth-order valence-electron chi connectivity index (χ4n) is 2.14. The number of nitrogens with one attached hydrogen (secondary N) is 1. The fourth-order valence-corrected chi connectivity index (χ4v) is 3.01. The summed E-state index contributed by atoms with van der Waals surface area (Å²) in [6.07, 6.45) is 4.42. The average Bonchev–Trinajstić information content (AvgIpc) is 3.19. The van der Waals surface area contributed by atoms with Gasteiger partial charge in [0.05, 0.1) is 7.11 Å². The first-order chi connectivity index (χ1) is 9.85. The first-order valence-electron chi connectivity index (χ1n) is 7.01. The number of nitrogens with zero attached hydrogens (tertiary/aromatic N) is 2. The Morgan fingerprint density at radius 3 is 2.85 bits per heavy atom. The number of hydrogen-bond donors (Lipinski definition) is 1. The lowest BCUT2D eigenvalue weighted by molar-refractivity contribution is 0.410. The lowest BCUT2D eigenvalue weighted by Crippen LogP contribution is -2.19. The predicted octanol–water partition coefficient (Wildman–Crippen LogP) is 2.43. The van der Waals surface area contributed by atoms with Gasteiger partial charge in [0, 0.05) is 31.0 Å². The zero-order valence-electron chi connectivity index (χ0n) is 11.6. The van der Waals surface area contributed by atoms with Gasteiger partial charge < -0.3 is 10.1 Å². The van der Waals surface area contributed by atoms with Gasteiger partial charge in [0.25, 0.3) is 0 Å². The summed E-state index contributed by atoms with van der Waals surface area (Å²) < 4.78 is 5.37. The Labute approximate surface area is 123 Å². The summed E-state index contributed by atoms with van der Waals surface area (Å²) in [5.41, 5.74) is 1.16. The van der Waals surface area contributed by atoms with Crippen LogP contribution in [0.15, 0.2) is 24.3 Å². The average molecular weight is 289 g/mol. The van der Waals surface area contributed by atoms with Gasteiger partial charge in [-0.2, -0.15) is 0 Å². The van der Waals surface area contributed by atoms with Gasteiger partial charge in [-0.1, -0.05) is 18.2 Å². The summed E-state index contributed by atoms with van der Waals surface area (Å²) in [5.74, 6) is 0.916. The van der Waals surface area contributed by atoms with Gasteiger partial charge >= 0.3 is 0 Å². The van der Waals surface area contributed by atoms with E-state index in [1.165, 1.54) is 12.8 Å². The van der Waals surface area contributed by atoms with E-state index in [2.05, 4.69) is 21.6 Å². The Balaban J connectivity index is 1.58. The number of ether oxygens (including phenoxy) is 1. The molecule has 0 radical (unpaired) electrons. The van der Waals surface area contributed by atoms with Crippen molar-refractivity contribution >= 4 is 11.3 Å². The first-order valence-corrected chi connectivity index (χ1v) is 7.83. The van der Waals surface area contributed by atoms with E-state index < -0.39 is 0 Å². The minimum atomic E-state index is 0.760. The molecular weight excluding hydrogens is 270 g/mol. The summed E-state index contributed by atoms with van der Waals surface area (Å²) in [6, 6.07) is 8.83. The Hall–Kier alpha value is -1.46. The Morgan fingerprint density at radius 1 is 1.25 bits per heavy atom. The van der Waals surface area contributed by atoms with Crippen LogP contribution in [0.2, 0.25) is 0 Å². The molecule has 1 heterocycles. The van der Waals surface area contributed by atoms with E-state index in [1.807, 2.05) is 18.2 Å². The molecule has 2 aromatic rings. The molecule has 20 heavy (non-hydrogen) atoms. The number of aromatic nitrogens is 2. The molecule has 0 bridgehead atoms. The molecule has 1 N–H and O–H groups in total. The number of para-hydroxylation sites is 1. The third-order valence-electron chi connectivity index (χ3n) is 3.39. The van der Waals surface area contributed by atoms with E-state index in [0.29, 0.717) is 0 Å². The van der Waals surface area contributed by atoms with Crippen molar-refractivity contribution in [2.45, 2.75) is 31.7 Å². The van der Waals surface area contributed by atoms with E-state index in [0.717, 1.165) is 46.8 Å². The molecule has 1 aromatic carbocycles. The normalized spacial score (nSPS) is 14.4. The van der Waals surface area contributed by atoms with Crippen molar-refractivity contribution in [1.82, 2.24) is 15.5 Å². The van der Waals surface area contributed by atoms with Crippen molar-refractivity contribution in [2.75, 3.05) is 13.7 Å². The van der Waals surface area contributed by atoms with E-state index in [1.54, 1.807) is 18.4 Å². The summed E-state index contributed by atoms with van der Waals surface area (Å²) in [5, 5.41) is 14.2. The second kappa shape index (κ2) is 6.33. The van der Waals surface area contributed by atoms with E-state index in [4.69, 9.17) is 4.74 Å². The second-order valence-electron chi connectivity index (χ2n) is 5.06. The Bertz CT molecular complexity index is 566. The highest BCUT2D eigenvalue weighted by atomic mass is 32.1. The topological polar surface area (TPSA) is 47.0 Å². The molecule has 1 aliphatic rings.